The standard InChI is InChI=1S/C18H20N4O2/c1-13-10-20-15(11-19-13)18(24)21-16(14-6-3-2-4-7-14)12-22-9-5-8-17(22)23/h2-4,6-7,10-11,16H,5,8-9,12H2,1H3,(H,21,24)/t16-/m1/s1. The first-order valence-electron chi connectivity index (χ1n) is 8.06. The predicted octanol–water partition coefficient (Wildman–Crippen LogP) is 1.88. The zero-order valence-corrected chi connectivity index (χ0v) is 13.6. The zero-order valence-electron chi connectivity index (χ0n) is 13.6. The molecule has 1 aliphatic rings. The average Bonchev–Trinajstić information content (AvgIpc) is 3.00. The van der Waals surface area contributed by atoms with Crippen molar-refractivity contribution in [3.05, 3.63) is 59.7 Å². The first kappa shape index (κ1) is 16.1. The van der Waals surface area contributed by atoms with E-state index >= 15 is 0 Å². The van der Waals surface area contributed by atoms with Crippen LogP contribution in [0.3, 0.4) is 0 Å². The van der Waals surface area contributed by atoms with E-state index in [0.717, 1.165) is 24.2 Å². The zero-order chi connectivity index (χ0) is 16.9. The van der Waals surface area contributed by atoms with Crippen LogP contribution in [0.4, 0.5) is 0 Å². The summed E-state index contributed by atoms with van der Waals surface area (Å²) in [5, 5.41) is 2.98. The number of carbonyl (C=O) groups is 2. The highest BCUT2D eigenvalue weighted by Gasteiger charge is 2.25. The van der Waals surface area contributed by atoms with Crippen LogP contribution in [0.1, 0.15) is 40.6 Å². The number of rotatable bonds is 5. The summed E-state index contributed by atoms with van der Waals surface area (Å²) in [6.07, 6.45) is 4.49. The normalized spacial score (nSPS) is 15.4. The lowest BCUT2D eigenvalue weighted by atomic mass is 10.1. The van der Waals surface area contributed by atoms with E-state index in [9.17, 15) is 9.59 Å². The molecule has 0 aliphatic carbocycles. The number of nitrogens with zero attached hydrogens (tertiary/aromatic N) is 3. The first-order valence-corrected chi connectivity index (χ1v) is 8.06. The number of benzene rings is 1. The van der Waals surface area contributed by atoms with Gasteiger partial charge >= 0.3 is 0 Å². The molecule has 124 valence electrons. The quantitative estimate of drug-likeness (QED) is 0.911. The van der Waals surface area contributed by atoms with E-state index in [4.69, 9.17) is 0 Å². The summed E-state index contributed by atoms with van der Waals surface area (Å²) in [6.45, 7) is 3.02. The second-order valence-electron chi connectivity index (χ2n) is 5.92. The molecule has 24 heavy (non-hydrogen) atoms. The van der Waals surface area contributed by atoms with Gasteiger partial charge in [-0.05, 0) is 18.9 Å². The third-order valence-electron chi connectivity index (χ3n) is 4.10. The minimum Gasteiger partial charge on any atom is -0.342 e. The smallest absolute Gasteiger partial charge is 0.272 e. The molecule has 1 N–H and O–H groups in total. The van der Waals surface area contributed by atoms with Crippen LogP contribution in [0, 0.1) is 6.92 Å². The van der Waals surface area contributed by atoms with Crippen LogP contribution in [-0.2, 0) is 4.79 Å². The molecule has 6 nitrogen and oxygen atoms in total. The van der Waals surface area contributed by atoms with Gasteiger partial charge in [0.2, 0.25) is 5.91 Å². The van der Waals surface area contributed by atoms with Crippen LogP contribution in [-0.4, -0.2) is 39.8 Å². The molecular formula is C18H20N4O2. The van der Waals surface area contributed by atoms with Crippen LogP contribution in [0.5, 0.6) is 0 Å². The van der Waals surface area contributed by atoms with Gasteiger partial charge in [-0.3, -0.25) is 14.6 Å². The van der Waals surface area contributed by atoms with Gasteiger partial charge in [0.15, 0.2) is 0 Å². The summed E-state index contributed by atoms with van der Waals surface area (Å²) in [4.78, 5) is 34.4. The minimum atomic E-state index is -0.289. The maximum Gasteiger partial charge on any atom is 0.272 e. The van der Waals surface area contributed by atoms with E-state index in [1.165, 1.54) is 6.20 Å². The van der Waals surface area contributed by atoms with Crippen molar-refractivity contribution >= 4 is 11.8 Å². The van der Waals surface area contributed by atoms with Crippen LogP contribution >= 0.6 is 0 Å². The number of likely N-dealkylation sites (tertiary alicyclic amines) is 1. The van der Waals surface area contributed by atoms with Crippen molar-refractivity contribution in [1.29, 1.82) is 0 Å². The topological polar surface area (TPSA) is 75.2 Å². The molecule has 1 fully saturated rings. The summed E-state index contributed by atoms with van der Waals surface area (Å²) < 4.78 is 0. The number of hydrogen-bond donors (Lipinski definition) is 1. The highest BCUT2D eigenvalue weighted by Crippen LogP contribution is 2.19. The molecule has 6 heteroatoms. The molecular weight excluding hydrogens is 304 g/mol. The summed E-state index contributed by atoms with van der Waals surface area (Å²) in [5.74, 6) is -0.150. The fourth-order valence-electron chi connectivity index (χ4n) is 2.78. The van der Waals surface area contributed by atoms with E-state index in [1.54, 1.807) is 11.1 Å². The van der Waals surface area contributed by atoms with E-state index in [-0.39, 0.29) is 23.6 Å². The SMILES string of the molecule is Cc1cnc(C(=O)N[C@H](CN2CCCC2=O)c2ccccc2)cn1. The van der Waals surface area contributed by atoms with E-state index < -0.39 is 0 Å². The van der Waals surface area contributed by atoms with Gasteiger partial charge in [0.05, 0.1) is 17.9 Å². The fraction of sp³-hybridized carbons (Fsp3) is 0.333. The molecule has 2 heterocycles. The molecule has 0 saturated carbocycles. The molecule has 0 radical (unpaired) electrons. The Labute approximate surface area is 140 Å². The molecule has 3 rings (SSSR count). The summed E-state index contributed by atoms with van der Waals surface area (Å²) >= 11 is 0. The molecule has 1 aliphatic heterocycles. The number of aryl methyl sites for hydroxylation is 1. The number of amides is 2. The molecule has 0 bridgehead atoms. The summed E-state index contributed by atoms with van der Waals surface area (Å²) in [5.41, 5.74) is 1.99. The van der Waals surface area contributed by atoms with Crippen molar-refractivity contribution in [1.82, 2.24) is 20.2 Å². The van der Waals surface area contributed by atoms with E-state index in [0.29, 0.717) is 13.0 Å². The molecule has 1 saturated heterocycles. The van der Waals surface area contributed by atoms with E-state index in [1.807, 2.05) is 37.3 Å². The Hall–Kier alpha value is -2.76. The van der Waals surface area contributed by atoms with Crippen molar-refractivity contribution in [3.63, 3.8) is 0 Å². The molecule has 0 spiro atoms. The van der Waals surface area contributed by atoms with Crippen molar-refractivity contribution in [2.45, 2.75) is 25.8 Å². The van der Waals surface area contributed by atoms with Crippen molar-refractivity contribution < 1.29 is 9.59 Å². The second kappa shape index (κ2) is 7.21. The van der Waals surface area contributed by atoms with Crippen molar-refractivity contribution in [2.75, 3.05) is 13.1 Å². The van der Waals surface area contributed by atoms with Gasteiger partial charge in [0.25, 0.3) is 5.91 Å². The Morgan fingerprint density at radius 3 is 2.67 bits per heavy atom. The third kappa shape index (κ3) is 3.76. The lowest BCUT2D eigenvalue weighted by Crippen LogP contribution is -2.38. The lowest BCUT2D eigenvalue weighted by Gasteiger charge is -2.25. The second-order valence-corrected chi connectivity index (χ2v) is 5.92. The van der Waals surface area contributed by atoms with Gasteiger partial charge in [-0.15, -0.1) is 0 Å². The van der Waals surface area contributed by atoms with Crippen LogP contribution < -0.4 is 5.32 Å². The molecule has 1 aromatic heterocycles. The van der Waals surface area contributed by atoms with Gasteiger partial charge in [0, 0.05) is 25.7 Å². The molecule has 1 atom stereocenters. The molecule has 1 aromatic carbocycles. The number of hydrogen-bond acceptors (Lipinski definition) is 4. The molecule has 2 amide bonds. The van der Waals surface area contributed by atoms with Crippen LogP contribution in [0.15, 0.2) is 42.7 Å². The van der Waals surface area contributed by atoms with Crippen LogP contribution in [0.2, 0.25) is 0 Å². The number of nitrogens with one attached hydrogen (secondary N) is 1. The molecule has 2 aromatic rings. The highest BCUT2D eigenvalue weighted by molar-refractivity contribution is 5.92. The van der Waals surface area contributed by atoms with E-state index in [2.05, 4.69) is 15.3 Å². The third-order valence-corrected chi connectivity index (χ3v) is 4.10. The fourth-order valence-corrected chi connectivity index (χ4v) is 2.78. The Kier molecular flexibility index (Phi) is 4.84. The Balaban J connectivity index is 1.77. The molecule has 0 unspecified atom stereocenters. The first-order chi connectivity index (χ1) is 11.6. The maximum atomic E-state index is 12.5. The van der Waals surface area contributed by atoms with Crippen LogP contribution in [0.25, 0.3) is 0 Å². The predicted molar refractivity (Wildman–Crippen MR) is 89.2 cm³/mol. The average molecular weight is 324 g/mol. The van der Waals surface area contributed by atoms with Crippen molar-refractivity contribution in [3.8, 4) is 0 Å². The minimum absolute atomic E-state index is 0.139. The Morgan fingerprint density at radius 1 is 1.25 bits per heavy atom. The summed E-state index contributed by atoms with van der Waals surface area (Å²) in [6, 6.07) is 9.40. The van der Waals surface area contributed by atoms with Gasteiger partial charge < -0.3 is 10.2 Å². The van der Waals surface area contributed by atoms with Gasteiger partial charge in [-0.25, -0.2) is 4.98 Å². The van der Waals surface area contributed by atoms with Crippen molar-refractivity contribution in [2.24, 2.45) is 0 Å². The largest absolute Gasteiger partial charge is 0.342 e. The van der Waals surface area contributed by atoms with Gasteiger partial charge in [-0.1, -0.05) is 30.3 Å². The maximum absolute atomic E-state index is 12.5. The number of aromatic nitrogens is 2. The monoisotopic (exact) mass is 324 g/mol. The Bertz CT molecular complexity index is 716. The Morgan fingerprint density at radius 2 is 2.04 bits per heavy atom. The lowest BCUT2D eigenvalue weighted by molar-refractivity contribution is -0.128. The highest BCUT2D eigenvalue weighted by atomic mass is 16.2. The number of carbonyl (C=O) groups excluding carboxylic acids is 2. The van der Waals surface area contributed by atoms with Gasteiger partial charge in [0.1, 0.15) is 5.69 Å². The summed E-state index contributed by atoms with van der Waals surface area (Å²) in [7, 11) is 0. The van der Waals surface area contributed by atoms with Gasteiger partial charge in [-0.2, -0.15) is 0 Å².